The van der Waals surface area contributed by atoms with Crippen molar-refractivity contribution in [2.45, 2.75) is 18.9 Å². The fourth-order valence-corrected chi connectivity index (χ4v) is 3.08. The highest BCUT2D eigenvalue weighted by atomic mass is 35.5. The topological polar surface area (TPSA) is 58.2 Å². The third-order valence-corrected chi connectivity index (χ3v) is 4.52. The number of carbonyl (C=O) groups excluding carboxylic acids is 2. The fourth-order valence-electron chi connectivity index (χ4n) is 2.88. The van der Waals surface area contributed by atoms with Crippen molar-refractivity contribution < 1.29 is 9.59 Å². The molecule has 0 spiro atoms. The van der Waals surface area contributed by atoms with Gasteiger partial charge in [0.05, 0.1) is 0 Å². The summed E-state index contributed by atoms with van der Waals surface area (Å²) in [5, 5.41) is 6.25. The van der Waals surface area contributed by atoms with E-state index in [1.807, 2.05) is 36.4 Å². The van der Waals surface area contributed by atoms with E-state index in [0.29, 0.717) is 17.1 Å². The molecule has 0 aliphatic heterocycles. The number of hydrogen-bond acceptors (Lipinski definition) is 2. The van der Waals surface area contributed by atoms with E-state index < -0.39 is 0 Å². The Hall–Kier alpha value is -2.33. The van der Waals surface area contributed by atoms with Gasteiger partial charge in [-0.2, -0.15) is 0 Å². The van der Waals surface area contributed by atoms with Crippen LogP contribution in [0.25, 0.3) is 0 Å². The molecular formula is C19H19ClN2O2. The molecule has 2 aromatic rings. The fraction of sp³-hybridized carbons (Fsp3) is 0.263. The van der Waals surface area contributed by atoms with Gasteiger partial charge in [0.1, 0.15) is 0 Å². The van der Waals surface area contributed by atoms with Gasteiger partial charge in [0.25, 0.3) is 5.91 Å². The maximum absolute atomic E-state index is 12.3. The molecule has 2 unspecified atom stereocenters. The van der Waals surface area contributed by atoms with Gasteiger partial charge in [-0.25, -0.2) is 0 Å². The van der Waals surface area contributed by atoms with Crippen molar-refractivity contribution in [2.75, 3.05) is 7.05 Å². The Bertz CT molecular complexity index is 775. The first-order valence-electron chi connectivity index (χ1n) is 7.92. The second-order valence-electron chi connectivity index (χ2n) is 6.00. The summed E-state index contributed by atoms with van der Waals surface area (Å²) in [6.45, 7) is 0.419. The summed E-state index contributed by atoms with van der Waals surface area (Å²) in [5.74, 6) is 0.170. The van der Waals surface area contributed by atoms with E-state index in [0.717, 1.165) is 17.5 Å². The normalized spacial score (nSPS) is 18.8. The Kier molecular flexibility index (Phi) is 4.86. The molecule has 0 bridgehead atoms. The molecule has 1 aliphatic carbocycles. The van der Waals surface area contributed by atoms with Crippen molar-refractivity contribution in [3.8, 4) is 0 Å². The molecule has 2 amide bonds. The van der Waals surface area contributed by atoms with Crippen LogP contribution in [-0.4, -0.2) is 18.9 Å². The van der Waals surface area contributed by atoms with Gasteiger partial charge >= 0.3 is 0 Å². The summed E-state index contributed by atoms with van der Waals surface area (Å²) in [6, 6.07) is 14.9. The molecule has 0 radical (unpaired) electrons. The van der Waals surface area contributed by atoms with E-state index in [2.05, 4.69) is 10.6 Å². The second-order valence-corrected chi connectivity index (χ2v) is 6.44. The van der Waals surface area contributed by atoms with Crippen LogP contribution in [0.4, 0.5) is 0 Å². The summed E-state index contributed by atoms with van der Waals surface area (Å²) >= 11 is 6.00. The van der Waals surface area contributed by atoms with E-state index in [1.165, 1.54) is 0 Å². The van der Waals surface area contributed by atoms with E-state index in [4.69, 9.17) is 11.6 Å². The lowest BCUT2D eigenvalue weighted by Gasteiger charge is -2.07. The van der Waals surface area contributed by atoms with Gasteiger partial charge in [0.2, 0.25) is 5.91 Å². The maximum atomic E-state index is 12.3. The number of rotatable bonds is 5. The van der Waals surface area contributed by atoms with Gasteiger partial charge in [-0.05, 0) is 47.7 Å². The average molecular weight is 343 g/mol. The molecule has 2 N–H and O–H groups in total. The van der Waals surface area contributed by atoms with Crippen molar-refractivity contribution in [3.63, 3.8) is 0 Å². The SMILES string of the molecule is CNC(=O)c1cccc(CNC(=O)C2CC2c2cccc(Cl)c2)c1. The van der Waals surface area contributed by atoms with Gasteiger partial charge in [-0.15, -0.1) is 0 Å². The molecule has 4 nitrogen and oxygen atoms in total. The summed E-state index contributed by atoms with van der Waals surface area (Å²) in [7, 11) is 1.60. The minimum Gasteiger partial charge on any atom is -0.355 e. The monoisotopic (exact) mass is 342 g/mol. The zero-order chi connectivity index (χ0) is 17.1. The lowest BCUT2D eigenvalue weighted by molar-refractivity contribution is -0.122. The number of benzene rings is 2. The Morgan fingerprint density at radius 3 is 2.71 bits per heavy atom. The first-order chi connectivity index (χ1) is 11.6. The molecule has 1 aliphatic rings. The highest BCUT2D eigenvalue weighted by molar-refractivity contribution is 6.30. The average Bonchev–Trinajstić information content (AvgIpc) is 3.40. The van der Waals surface area contributed by atoms with Gasteiger partial charge in [-0.1, -0.05) is 35.9 Å². The lowest BCUT2D eigenvalue weighted by atomic mass is 10.1. The first-order valence-corrected chi connectivity index (χ1v) is 8.30. The molecule has 1 saturated carbocycles. The summed E-state index contributed by atoms with van der Waals surface area (Å²) in [4.78, 5) is 23.9. The van der Waals surface area contributed by atoms with Crippen molar-refractivity contribution >= 4 is 23.4 Å². The van der Waals surface area contributed by atoms with Crippen LogP contribution < -0.4 is 10.6 Å². The largest absolute Gasteiger partial charge is 0.355 e. The van der Waals surface area contributed by atoms with Gasteiger partial charge in [0, 0.05) is 30.1 Å². The van der Waals surface area contributed by atoms with Crippen LogP contribution in [-0.2, 0) is 11.3 Å². The van der Waals surface area contributed by atoms with E-state index >= 15 is 0 Å². The number of carbonyl (C=O) groups is 2. The molecule has 0 heterocycles. The van der Waals surface area contributed by atoms with Gasteiger partial charge in [0.15, 0.2) is 0 Å². The van der Waals surface area contributed by atoms with Crippen molar-refractivity contribution in [1.82, 2.24) is 10.6 Å². The Morgan fingerprint density at radius 2 is 1.96 bits per heavy atom. The van der Waals surface area contributed by atoms with Crippen LogP contribution in [0.2, 0.25) is 5.02 Å². The number of nitrogens with one attached hydrogen (secondary N) is 2. The second kappa shape index (κ2) is 7.05. The van der Waals surface area contributed by atoms with Crippen LogP contribution in [0, 0.1) is 5.92 Å². The van der Waals surface area contributed by atoms with Crippen LogP contribution in [0.15, 0.2) is 48.5 Å². The maximum Gasteiger partial charge on any atom is 0.251 e. The summed E-state index contributed by atoms with van der Waals surface area (Å²) in [6.07, 6.45) is 0.852. The summed E-state index contributed by atoms with van der Waals surface area (Å²) < 4.78 is 0. The Labute approximate surface area is 146 Å². The summed E-state index contributed by atoms with van der Waals surface area (Å²) in [5.41, 5.74) is 2.61. The standard InChI is InChI=1S/C19H19ClN2O2/c1-21-18(23)14-6-2-4-12(8-14)11-22-19(24)17-10-16(17)13-5-3-7-15(20)9-13/h2-9,16-17H,10-11H2,1H3,(H,21,23)(H,22,24). The van der Waals surface area contributed by atoms with Gasteiger partial charge in [-0.3, -0.25) is 9.59 Å². The molecule has 5 heteroatoms. The highest BCUT2D eigenvalue weighted by Gasteiger charge is 2.43. The molecular weight excluding hydrogens is 324 g/mol. The predicted octanol–water partition coefficient (Wildman–Crippen LogP) is 3.12. The molecule has 1 fully saturated rings. The molecule has 2 atom stereocenters. The number of amides is 2. The smallest absolute Gasteiger partial charge is 0.251 e. The quantitative estimate of drug-likeness (QED) is 0.877. The van der Waals surface area contributed by atoms with E-state index in [-0.39, 0.29) is 23.7 Å². The van der Waals surface area contributed by atoms with Crippen molar-refractivity contribution in [3.05, 3.63) is 70.2 Å². The lowest BCUT2D eigenvalue weighted by Crippen LogP contribution is -2.25. The molecule has 124 valence electrons. The predicted molar refractivity (Wildman–Crippen MR) is 94.0 cm³/mol. The Morgan fingerprint density at radius 1 is 1.17 bits per heavy atom. The first kappa shape index (κ1) is 16.5. The van der Waals surface area contributed by atoms with Crippen LogP contribution in [0.5, 0.6) is 0 Å². The number of halogens is 1. The molecule has 24 heavy (non-hydrogen) atoms. The highest BCUT2D eigenvalue weighted by Crippen LogP contribution is 2.47. The third-order valence-electron chi connectivity index (χ3n) is 4.29. The zero-order valence-electron chi connectivity index (χ0n) is 13.4. The minimum atomic E-state index is -0.133. The van der Waals surface area contributed by atoms with E-state index in [1.54, 1.807) is 19.2 Å². The van der Waals surface area contributed by atoms with Crippen molar-refractivity contribution in [2.24, 2.45) is 5.92 Å². The Balaban J connectivity index is 1.56. The minimum absolute atomic E-state index is 0.00518. The van der Waals surface area contributed by atoms with Crippen LogP contribution in [0.3, 0.4) is 0 Å². The molecule has 0 aromatic heterocycles. The number of hydrogen-bond donors (Lipinski definition) is 2. The zero-order valence-corrected chi connectivity index (χ0v) is 14.1. The molecule has 3 rings (SSSR count). The van der Waals surface area contributed by atoms with Crippen LogP contribution >= 0.6 is 11.6 Å². The van der Waals surface area contributed by atoms with E-state index in [9.17, 15) is 9.59 Å². The van der Waals surface area contributed by atoms with Gasteiger partial charge < -0.3 is 10.6 Å². The van der Waals surface area contributed by atoms with Crippen LogP contribution in [0.1, 0.15) is 33.8 Å². The molecule has 0 saturated heterocycles. The molecule has 2 aromatic carbocycles. The van der Waals surface area contributed by atoms with Crippen molar-refractivity contribution in [1.29, 1.82) is 0 Å². The third kappa shape index (κ3) is 3.77.